The van der Waals surface area contributed by atoms with E-state index in [-0.39, 0.29) is 29.2 Å². The Morgan fingerprint density at radius 1 is 1.05 bits per heavy atom. The van der Waals surface area contributed by atoms with E-state index in [2.05, 4.69) is 10.6 Å². The lowest BCUT2D eigenvalue weighted by Crippen LogP contribution is -2.26. The summed E-state index contributed by atoms with van der Waals surface area (Å²) >= 11 is 0. The lowest BCUT2D eigenvalue weighted by Gasteiger charge is -2.21. The van der Waals surface area contributed by atoms with Gasteiger partial charge in [0.1, 0.15) is 9.84 Å². The number of carbonyl (C=O) groups excluding carboxylic acids is 2. The van der Waals surface area contributed by atoms with Gasteiger partial charge in [0.15, 0.2) is 0 Å². The second-order valence-corrected chi connectivity index (χ2v) is 7.91. The van der Waals surface area contributed by atoms with Crippen LogP contribution in [0.4, 0.5) is 11.4 Å². The van der Waals surface area contributed by atoms with Crippen molar-refractivity contribution in [3.8, 4) is 0 Å². The van der Waals surface area contributed by atoms with Gasteiger partial charge in [0.2, 0.25) is 11.8 Å². The van der Waals surface area contributed by atoms with Crippen LogP contribution < -0.4 is 10.6 Å². The molecule has 1 aromatic carbocycles. The van der Waals surface area contributed by atoms with Crippen LogP contribution >= 0.6 is 0 Å². The summed E-state index contributed by atoms with van der Waals surface area (Å²) in [5.41, 5.74) is 1.32. The topological polar surface area (TPSA) is 92.3 Å². The summed E-state index contributed by atoms with van der Waals surface area (Å²) in [5, 5.41) is 5.44. The van der Waals surface area contributed by atoms with Crippen molar-refractivity contribution in [2.75, 3.05) is 22.1 Å². The zero-order valence-corrected chi connectivity index (χ0v) is 13.3. The highest BCUT2D eigenvalue weighted by atomic mass is 32.2. The molecule has 1 saturated heterocycles. The van der Waals surface area contributed by atoms with Crippen LogP contribution in [0.25, 0.3) is 0 Å². The van der Waals surface area contributed by atoms with Crippen molar-refractivity contribution in [2.24, 2.45) is 5.92 Å². The van der Waals surface area contributed by atoms with Gasteiger partial charge in [0.05, 0.1) is 11.5 Å². The third kappa shape index (κ3) is 5.14. The van der Waals surface area contributed by atoms with Gasteiger partial charge in [-0.05, 0) is 43.0 Å². The molecule has 0 unspecified atom stereocenters. The molecule has 6 nitrogen and oxygen atoms in total. The van der Waals surface area contributed by atoms with Gasteiger partial charge in [-0.15, -0.1) is 0 Å². The molecular formula is C15H20N2O4S. The van der Waals surface area contributed by atoms with Crippen molar-refractivity contribution < 1.29 is 18.0 Å². The van der Waals surface area contributed by atoms with Crippen LogP contribution in [0.2, 0.25) is 0 Å². The van der Waals surface area contributed by atoms with E-state index < -0.39 is 9.84 Å². The number of hydrogen-bond acceptors (Lipinski definition) is 4. The molecule has 2 N–H and O–H groups in total. The molecule has 0 aliphatic carbocycles. The summed E-state index contributed by atoms with van der Waals surface area (Å²) in [5.74, 6) is 0.218. The van der Waals surface area contributed by atoms with E-state index in [1.807, 2.05) is 0 Å². The van der Waals surface area contributed by atoms with E-state index >= 15 is 0 Å². The summed E-state index contributed by atoms with van der Waals surface area (Å²) in [7, 11) is -2.89. The Hall–Kier alpha value is -1.89. The van der Waals surface area contributed by atoms with Crippen LogP contribution in [0.15, 0.2) is 24.3 Å². The average Bonchev–Trinajstić information content (AvgIpc) is 2.43. The van der Waals surface area contributed by atoms with Crippen molar-refractivity contribution in [3.05, 3.63) is 24.3 Å². The Morgan fingerprint density at radius 2 is 1.55 bits per heavy atom. The van der Waals surface area contributed by atoms with Gasteiger partial charge in [0, 0.05) is 24.7 Å². The molecule has 0 aromatic heterocycles. The fourth-order valence-corrected chi connectivity index (χ4v) is 4.05. The number of nitrogens with one attached hydrogen (secondary N) is 2. The first-order chi connectivity index (χ1) is 10.3. The molecule has 0 spiro atoms. The first-order valence-corrected chi connectivity index (χ1v) is 9.04. The minimum atomic E-state index is -2.89. The molecule has 0 radical (unpaired) electrons. The maximum Gasteiger partial charge on any atom is 0.224 e. The van der Waals surface area contributed by atoms with Crippen molar-refractivity contribution >= 4 is 33.0 Å². The number of amides is 2. The molecule has 7 heteroatoms. The predicted octanol–water partition coefficient (Wildman–Crippen LogP) is 1.80. The Morgan fingerprint density at radius 3 is 2.05 bits per heavy atom. The molecule has 2 rings (SSSR count). The van der Waals surface area contributed by atoms with E-state index in [9.17, 15) is 18.0 Å². The Balaban J connectivity index is 1.83. The van der Waals surface area contributed by atoms with Crippen LogP contribution in [0, 0.1) is 5.92 Å². The number of benzene rings is 1. The molecule has 22 heavy (non-hydrogen) atoms. The third-order valence-corrected chi connectivity index (χ3v) is 5.35. The summed E-state index contributed by atoms with van der Waals surface area (Å²) in [6.07, 6.45) is 1.44. The zero-order valence-electron chi connectivity index (χ0n) is 12.5. The molecule has 2 amide bonds. The molecule has 1 aromatic rings. The number of sulfone groups is 1. The van der Waals surface area contributed by atoms with Crippen LogP contribution in [-0.2, 0) is 19.4 Å². The number of carbonyl (C=O) groups is 2. The molecule has 0 saturated carbocycles. The van der Waals surface area contributed by atoms with Crippen LogP contribution in [0.5, 0.6) is 0 Å². The van der Waals surface area contributed by atoms with Gasteiger partial charge in [-0.1, -0.05) is 0 Å². The molecule has 1 heterocycles. The van der Waals surface area contributed by atoms with Gasteiger partial charge in [-0.2, -0.15) is 0 Å². The van der Waals surface area contributed by atoms with Gasteiger partial charge < -0.3 is 10.6 Å². The SMILES string of the molecule is CC(=O)Nc1ccc(NC(=O)CC2CCS(=O)(=O)CC2)cc1. The predicted molar refractivity (Wildman–Crippen MR) is 85.4 cm³/mol. The Kier molecular flexibility index (Phi) is 5.18. The smallest absolute Gasteiger partial charge is 0.224 e. The minimum absolute atomic E-state index is 0.114. The van der Waals surface area contributed by atoms with Gasteiger partial charge in [-0.25, -0.2) is 8.42 Å². The van der Waals surface area contributed by atoms with Crippen molar-refractivity contribution in [2.45, 2.75) is 26.2 Å². The summed E-state index contributed by atoms with van der Waals surface area (Å²) in [6.45, 7) is 1.43. The third-order valence-electron chi connectivity index (χ3n) is 3.64. The fourth-order valence-electron chi connectivity index (χ4n) is 2.46. The highest BCUT2D eigenvalue weighted by molar-refractivity contribution is 7.91. The number of hydrogen-bond donors (Lipinski definition) is 2. The molecule has 0 atom stereocenters. The zero-order chi connectivity index (χ0) is 16.2. The normalized spacial score (nSPS) is 17.7. The second kappa shape index (κ2) is 6.91. The van der Waals surface area contributed by atoms with E-state index in [0.29, 0.717) is 30.6 Å². The molecule has 1 fully saturated rings. The van der Waals surface area contributed by atoms with Crippen LogP contribution in [0.1, 0.15) is 26.2 Å². The minimum Gasteiger partial charge on any atom is -0.326 e. The monoisotopic (exact) mass is 324 g/mol. The largest absolute Gasteiger partial charge is 0.326 e. The van der Waals surface area contributed by atoms with E-state index in [1.54, 1.807) is 24.3 Å². The van der Waals surface area contributed by atoms with Gasteiger partial charge in [0.25, 0.3) is 0 Å². The summed E-state index contributed by atoms with van der Waals surface area (Å²) in [6, 6.07) is 6.86. The maximum atomic E-state index is 12.0. The molecule has 1 aliphatic rings. The number of rotatable bonds is 4. The standard InChI is InChI=1S/C15H20N2O4S/c1-11(18)16-13-2-4-14(5-3-13)17-15(19)10-12-6-8-22(20,21)9-7-12/h2-5,12H,6-10H2,1H3,(H,16,18)(H,17,19). The van der Waals surface area contributed by atoms with Crippen LogP contribution in [-0.4, -0.2) is 31.7 Å². The Labute approximate surface area is 130 Å². The fraction of sp³-hybridized carbons (Fsp3) is 0.467. The maximum absolute atomic E-state index is 12.0. The van der Waals surface area contributed by atoms with E-state index in [4.69, 9.17) is 0 Å². The van der Waals surface area contributed by atoms with E-state index in [1.165, 1.54) is 6.92 Å². The highest BCUT2D eigenvalue weighted by Gasteiger charge is 2.25. The summed E-state index contributed by atoms with van der Waals surface area (Å²) < 4.78 is 22.7. The second-order valence-electron chi connectivity index (χ2n) is 5.61. The Bertz CT molecular complexity index is 639. The molecule has 120 valence electrons. The lowest BCUT2D eigenvalue weighted by atomic mass is 9.98. The quantitative estimate of drug-likeness (QED) is 0.883. The van der Waals surface area contributed by atoms with Gasteiger partial charge in [-0.3, -0.25) is 9.59 Å². The van der Waals surface area contributed by atoms with Crippen molar-refractivity contribution in [1.82, 2.24) is 0 Å². The highest BCUT2D eigenvalue weighted by Crippen LogP contribution is 2.22. The lowest BCUT2D eigenvalue weighted by molar-refractivity contribution is -0.117. The molecular weight excluding hydrogens is 304 g/mol. The number of anilines is 2. The van der Waals surface area contributed by atoms with Crippen molar-refractivity contribution in [3.63, 3.8) is 0 Å². The summed E-state index contributed by atoms with van der Waals surface area (Å²) in [4.78, 5) is 22.9. The van der Waals surface area contributed by atoms with Crippen molar-refractivity contribution in [1.29, 1.82) is 0 Å². The first kappa shape index (κ1) is 16.5. The van der Waals surface area contributed by atoms with Crippen LogP contribution in [0.3, 0.4) is 0 Å². The van der Waals surface area contributed by atoms with Gasteiger partial charge >= 0.3 is 0 Å². The first-order valence-electron chi connectivity index (χ1n) is 7.22. The molecule has 1 aliphatic heterocycles. The molecule has 0 bridgehead atoms. The van der Waals surface area contributed by atoms with E-state index in [0.717, 1.165) is 0 Å². The average molecular weight is 324 g/mol.